The van der Waals surface area contributed by atoms with E-state index in [1.54, 1.807) is 0 Å². The highest BCUT2D eigenvalue weighted by Crippen LogP contribution is 2.06. The third kappa shape index (κ3) is 7.82. The zero-order valence-electron chi connectivity index (χ0n) is 6.43. The van der Waals surface area contributed by atoms with Gasteiger partial charge in [-0.1, -0.05) is 37.9 Å². The lowest BCUT2D eigenvalue weighted by Crippen LogP contribution is -2.02. The molecule has 0 unspecified atom stereocenters. The average Bonchev–Trinajstić information content (AvgIpc) is 1.87. The first-order valence-corrected chi connectivity index (χ1v) is 4.68. The molecular formula is C7H15NOS. The first kappa shape index (κ1) is 9.82. The van der Waals surface area contributed by atoms with Crippen molar-refractivity contribution in [3.05, 3.63) is 0 Å². The molecule has 3 heteroatoms. The van der Waals surface area contributed by atoms with Gasteiger partial charge in [-0.3, -0.25) is 4.79 Å². The zero-order chi connectivity index (χ0) is 7.82. The first-order valence-electron chi connectivity index (χ1n) is 3.69. The monoisotopic (exact) mass is 161 g/mol. The Bertz CT molecular complexity index is 95.6. The van der Waals surface area contributed by atoms with Crippen molar-refractivity contribution in [3.63, 3.8) is 0 Å². The lowest BCUT2D eigenvalue weighted by atomic mass is 10.2. The van der Waals surface area contributed by atoms with E-state index in [1.165, 1.54) is 31.0 Å². The third-order valence-corrected chi connectivity index (χ3v) is 2.02. The molecule has 60 valence electrons. The summed E-state index contributed by atoms with van der Waals surface area (Å²) in [5.74, 6) is 0.884. The van der Waals surface area contributed by atoms with Crippen LogP contribution in [0.4, 0.5) is 4.79 Å². The maximum atomic E-state index is 10.2. The van der Waals surface area contributed by atoms with E-state index in [-0.39, 0.29) is 5.24 Å². The number of amides is 1. The van der Waals surface area contributed by atoms with Gasteiger partial charge >= 0.3 is 0 Å². The molecule has 10 heavy (non-hydrogen) atoms. The van der Waals surface area contributed by atoms with Crippen LogP contribution in [0.1, 0.15) is 32.6 Å². The summed E-state index contributed by atoms with van der Waals surface area (Å²) in [7, 11) is 0. The minimum Gasteiger partial charge on any atom is -0.361 e. The smallest absolute Gasteiger partial charge is 0.276 e. The second kappa shape index (κ2) is 6.93. The largest absolute Gasteiger partial charge is 0.361 e. The van der Waals surface area contributed by atoms with Gasteiger partial charge in [-0.15, -0.1) is 0 Å². The first-order chi connectivity index (χ1) is 4.77. The van der Waals surface area contributed by atoms with Gasteiger partial charge in [-0.2, -0.15) is 0 Å². The van der Waals surface area contributed by atoms with Crippen LogP contribution in [0.15, 0.2) is 0 Å². The van der Waals surface area contributed by atoms with Gasteiger partial charge in [0.2, 0.25) is 0 Å². The van der Waals surface area contributed by atoms with Crippen molar-refractivity contribution >= 4 is 17.0 Å². The summed E-state index contributed by atoms with van der Waals surface area (Å²) in [6, 6.07) is 0. The summed E-state index contributed by atoms with van der Waals surface area (Å²) in [6.07, 6.45) is 4.83. The number of nitrogens with two attached hydrogens (primary N) is 1. The summed E-state index contributed by atoms with van der Waals surface area (Å²) in [5, 5.41) is -0.253. The van der Waals surface area contributed by atoms with Crippen LogP contribution < -0.4 is 5.73 Å². The highest BCUT2D eigenvalue weighted by Gasteiger charge is 1.93. The summed E-state index contributed by atoms with van der Waals surface area (Å²) in [5.41, 5.74) is 4.93. The van der Waals surface area contributed by atoms with Crippen molar-refractivity contribution < 1.29 is 4.79 Å². The number of rotatable bonds is 5. The topological polar surface area (TPSA) is 43.1 Å². The fourth-order valence-corrected chi connectivity index (χ4v) is 1.25. The molecule has 2 nitrogen and oxygen atoms in total. The van der Waals surface area contributed by atoms with Gasteiger partial charge in [-0.25, -0.2) is 0 Å². The maximum Gasteiger partial charge on any atom is 0.276 e. The van der Waals surface area contributed by atoms with Gasteiger partial charge in [0.15, 0.2) is 0 Å². The molecule has 1 amide bonds. The normalized spacial score (nSPS) is 9.70. The van der Waals surface area contributed by atoms with E-state index in [4.69, 9.17) is 5.73 Å². The lowest BCUT2D eigenvalue weighted by Gasteiger charge is -1.95. The van der Waals surface area contributed by atoms with E-state index in [9.17, 15) is 4.79 Å². The van der Waals surface area contributed by atoms with Gasteiger partial charge in [0.25, 0.3) is 5.24 Å². The SMILES string of the molecule is CCCCCCSC(N)=O. The molecule has 0 aromatic carbocycles. The van der Waals surface area contributed by atoms with E-state index in [1.807, 2.05) is 0 Å². The Morgan fingerprint density at radius 1 is 1.40 bits per heavy atom. The maximum absolute atomic E-state index is 10.2. The Morgan fingerprint density at radius 3 is 2.60 bits per heavy atom. The highest BCUT2D eigenvalue weighted by molar-refractivity contribution is 8.13. The number of carbonyl (C=O) groups excluding carboxylic acids is 1. The fraction of sp³-hybridized carbons (Fsp3) is 0.857. The van der Waals surface area contributed by atoms with E-state index in [2.05, 4.69) is 6.92 Å². The molecule has 0 heterocycles. The number of unbranched alkanes of at least 4 members (excludes halogenated alkanes) is 3. The van der Waals surface area contributed by atoms with Crippen LogP contribution in [0, 0.1) is 0 Å². The molecule has 0 radical (unpaired) electrons. The second-order valence-corrected chi connectivity index (χ2v) is 3.33. The third-order valence-electron chi connectivity index (χ3n) is 1.24. The van der Waals surface area contributed by atoms with Crippen LogP contribution in [-0.4, -0.2) is 11.0 Å². The molecule has 0 aromatic rings. The molecule has 0 aliphatic carbocycles. The van der Waals surface area contributed by atoms with Gasteiger partial charge < -0.3 is 5.73 Å². The Hall–Kier alpha value is -0.180. The molecule has 0 saturated heterocycles. The Labute approximate surface area is 66.6 Å². The lowest BCUT2D eigenvalue weighted by molar-refractivity contribution is 0.267. The molecule has 0 atom stereocenters. The number of hydrogen-bond donors (Lipinski definition) is 1. The van der Waals surface area contributed by atoms with Crippen LogP contribution in [0.25, 0.3) is 0 Å². The molecule has 0 aliphatic rings. The minimum atomic E-state index is -0.253. The number of primary amides is 1. The van der Waals surface area contributed by atoms with Crippen LogP contribution >= 0.6 is 11.8 Å². The second-order valence-electron chi connectivity index (χ2n) is 2.23. The van der Waals surface area contributed by atoms with Crippen molar-refractivity contribution in [1.82, 2.24) is 0 Å². The van der Waals surface area contributed by atoms with Crippen LogP contribution in [0.5, 0.6) is 0 Å². The number of thioether (sulfide) groups is 1. The van der Waals surface area contributed by atoms with Gasteiger partial charge in [0.05, 0.1) is 0 Å². The summed E-state index contributed by atoms with van der Waals surface area (Å²) >= 11 is 1.22. The minimum absolute atomic E-state index is 0.253. The van der Waals surface area contributed by atoms with Crippen LogP contribution in [0.2, 0.25) is 0 Å². The predicted molar refractivity (Wildman–Crippen MR) is 46.2 cm³/mol. The van der Waals surface area contributed by atoms with Gasteiger partial charge in [0.1, 0.15) is 0 Å². The van der Waals surface area contributed by atoms with Crippen molar-refractivity contribution in [2.75, 3.05) is 5.75 Å². The average molecular weight is 161 g/mol. The molecular weight excluding hydrogens is 146 g/mol. The predicted octanol–water partition coefficient (Wildman–Crippen LogP) is 2.38. The molecule has 0 aliphatic heterocycles. The molecule has 0 fully saturated rings. The van der Waals surface area contributed by atoms with Crippen LogP contribution in [0.3, 0.4) is 0 Å². The van der Waals surface area contributed by atoms with E-state index < -0.39 is 0 Å². The molecule has 0 spiro atoms. The van der Waals surface area contributed by atoms with Crippen molar-refractivity contribution in [2.24, 2.45) is 5.73 Å². The Morgan fingerprint density at radius 2 is 2.10 bits per heavy atom. The van der Waals surface area contributed by atoms with Gasteiger partial charge in [0, 0.05) is 5.75 Å². The van der Waals surface area contributed by atoms with Crippen molar-refractivity contribution in [2.45, 2.75) is 32.6 Å². The standard InChI is InChI=1S/C7H15NOS/c1-2-3-4-5-6-10-7(8)9/h2-6H2,1H3,(H2,8,9). The van der Waals surface area contributed by atoms with E-state index >= 15 is 0 Å². The fourth-order valence-electron chi connectivity index (χ4n) is 0.702. The molecule has 2 N–H and O–H groups in total. The molecule has 0 saturated carbocycles. The quantitative estimate of drug-likeness (QED) is 0.629. The van der Waals surface area contributed by atoms with E-state index in [0.717, 1.165) is 12.2 Å². The van der Waals surface area contributed by atoms with Crippen molar-refractivity contribution in [3.8, 4) is 0 Å². The molecule has 0 rings (SSSR count). The summed E-state index contributed by atoms with van der Waals surface area (Å²) < 4.78 is 0. The summed E-state index contributed by atoms with van der Waals surface area (Å²) in [4.78, 5) is 10.2. The molecule has 0 bridgehead atoms. The van der Waals surface area contributed by atoms with Crippen molar-refractivity contribution in [1.29, 1.82) is 0 Å². The Balaban J connectivity index is 2.84. The summed E-state index contributed by atoms with van der Waals surface area (Å²) in [6.45, 7) is 2.17. The Kier molecular flexibility index (Phi) is 6.81. The number of carbonyl (C=O) groups is 1. The van der Waals surface area contributed by atoms with E-state index in [0.29, 0.717) is 0 Å². The highest BCUT2D eigenvalue weighted by atomic mass is 32.2. The van der Waals surface area contributed by atoms with Gasteiger partial charge in [-0.05, 0) is 6.42 Å². The number of hydrogen-bond acceptors (Lipinski definition) is 2. The zero-order valence-corrected chi connectivity index (χ0v) is 7.25. The molecule has 0 aromatic heterocycles. The van der Waals surface area contributed by atoms with Crippen LogP contribution in [-0.2, 0) is 0 Å².